The van der Waals surface area contributed by atoms with Crippen LogP contribution in [0.25, 0.3) is 0 Å². The van der Waals surface area contributed by atoms with Gasteiger partial charge in [0.05, 0.1) is 5.60 Å². The van der Waals surface area contributed by atoms with Gasteiger partial charge in [-0.2, -0.15) is 0 Å². The maximum absolute atomic E-state index is 10.6. The van der Waals surface area contributed by atoms with Gasteiger partial charge in [-0.15, -0.1) is 0 Å². The molecule has 0 aliphatic heterocycles. The second-order valence-electron chi connectivity index (χ2n) is 9.59. The minimum atomic E-state index is -0.857. The first-order valence-electron chi connectivity index (χ1n) is 10.4. The molecule has 150 valence electrons. The number of unbranched alkanes of at least 4 members (excludes halogenated alkanes) is 1. The van der Waals surface area contributed by atoms with Crippen LogP contribution in [0, 0.1) is 0 Å². The highest BCUT2D eigenvalue weighted by Gasteiger charge is 2.32. The Labute approximate surface area is 162 Å². The first kappa shape index (κ1) is 23.0. The average Bonchev–Trinajstić information content (AvgIpc) is 2.57. The van der Waals surface area contributed by atoms with Gasteiger partial charge in [-0.3, -0.25) is 0 Å². The fourth-order valence-electron chi connectivity index (χ4n) is 3.08. The molecule has 1 rings (SSSR count). The minimum absolute atomic E-state index is 0.0318. The Kier molecular flexibility index (Phi) is 7.77. The number of aliphatic hydroxyl groups is 1. The molecule has 2 nitrogen and oxygen atoms in total. The topological polar surface area (TPSA) is 29.5 Å². The lowest BCUT2D eigenvalue weighted by Gasteiger charge is -2.34. The normalized spacial score (nSPS) is 14.4. The molecule has 1 atom stereocenters. The largest absolute Gasteiger partial charge is 0.487 e. The zero-order valence-electron chi connectivity index (χ0n) is 18.7. The van der Waals surface area contributed by atoms with Gasteiger partial charge in [0.15, 0.2) is 0 Å². The van der Waals surface area contributed by atoms with Crippen molar-refractivity contribution in [3.05, 3.63) is 29.3 Å². The average molecular weight is 363 g/mol. The molecule has 0 bridgehead atoms. The Hall–Kier alpha value is -1.02. The molecular formula is C24H42O2. The molecule has 0 spiro atoms. The summed E-state index contributed by atoms with van der Waals surface area (Å²) in [7, 11) is 0. The molecule has 1 aromatic carbocycles. The zero-order chi connectivity index (χ0) is 20.2. The lowest BCUT2D eigenvalue weighted by Crippen LogP contribution is -2.41. The summed E-state index contributed by atoms with van der Waals surface area (Å²) in [5, 5.41) is 10.6. The first-order chi connectivity index (χ1) is 11.9. The number of ether oxygens (including phenoxy) is 1. The van der Waals surface area contributed by atoms with Crippen LogP contribution >= 0.6 is 0 Å². The molecule has 0 fully saturated rings. The molecule has 0 aliphatic rings. The van der Waals surface area contributed by atoms with E-state index in [-0.39, 0.29) is 16.9 Å². The summed E-state index contributed by atoms with van der Waals surface area (Å²) in [6.45, 7) is 19.5. The van der Waals surface area contributed by atoms with Crippen LogP contribution in [-0.4, -0.2) is 16.8 Å². The molecule has 26 heavy (non-hydrogen) atoms. The molecule has 0 aromatic heterocycles. The molecule has 0 radical (unpaired) electrons. The third-order valence-corrected chi connectivity index (χ3v) is 6.13. The van der Waals surface area contributed by atoms with E-state index in [2.05, 4.69) is 66.7 Å². The van der Waals surface area contributed by atoms with Crippen LogP contribution in [0.3, 0.4) is 0 Å². The molecular weight excluding hydrogens is 320 g/mol. The highest BCUT2D eigenvalue weighted by atomic mass is 16.5. The molecule has 1 aromatic rings. The Morgan fingerprint density at radius 1 is 0.923 bits per heavy atom. The molecule has 1 N–H and O–H groups in total. The Balaban J connectivity index is 3.36. The summed E-state index contributed by atoms with van der Waals surface area (Å²) in [5.74, 6) is 0.927. The van der Waals surface area contributed by atoms with Gasteiger partial charge in [-0.25, -0.2) is 0 Å². The summed E-state index contributed by atoms with van der Waals surface area (Å²) in [4.78, 5) is 0. The Bertz CT molecular complexity index is 564. The number of rotatable bonds is 10. The van der Waals surface area contributed by atoms with Gasteiger partial charge in [-0.1, -0.05) is 67.0 Å². The first-order valence-corrected chi connectivity index (χ1v) is 10.4. The molecule has 0 saturated heterocycles. The van der Waals surface area contributed by atoms with Crippen molar-refractivity contribution in [3.8, 4) is 5.75 Å². The number of hydrogen-bond donors (Lipinski definition) is 1. The van der Waals surface area contributed by atoms with Gasteiger partial charge < -0.3 is 9.84 Å². The van der Waals surface area contributed by atoms with Crippen molar-refractivity contribution in [2.75, 3.05) is 0 Å². The second-order valence-corrected chi connectivity index (χ2v) is 9.59. The quantitative estimate of drug-likeness (QED) is 0.497. The van der Waals surface area contributed by atoms with Crippen LogP contribution in [0.2, 0.25) is 0 Å². The van der Waals surface area contributed by atoms with Gasteiger partial charge >= 0.3 is 0 Å². The van der Waals surface area contributed by atoms with Crippen LogP contribution in [0.5, 0.6) is 5.75 Å². The van der Waals surface area contributed by atoms with Crippen LogP contribution in [-0.2, 0) is 10.8 Å². The second kappa shape index (κ2) is 8.78. The smallest absolute Gasteiger partial charge is 0.127 e. The third kappa shape index (κ3) is 5.74. The zero-order valence-corrected chi connectivity index (χ0v) is 18.7. The summed E-state index contributed by atoms with van der Waals surface area (Å²) < 4.78 is 6.45. The van der Waals surface area contributed by atoms with E-state index >= 15 is 0 Å². The third-order valence-electron chi connectivity index (χ3n) is 6.13. The molecule has 1 unspecified atom stereocenters. The van der Waals surface area contributed by atoms with Crippen molar-refractivity contribution in [1.29, 1.82) is 0 Å². The summed E-state index contributed by atoms with van der Waals surface area (Å²) >= 11 is 0. The van der Waals surface area contributed by atoms with Crippen LogP contribution < -0.4 is 4.74 Å². The van der Waals surface area contributed by atoms with Gasteiger partial charge in [-0.05, 0) is 62.0 Å². The fourth-order valence-corrected chi connectivity index (χ4v) is 3.08. The van der Waals surface area contributed by atoms with Gasteiger partial charge in [0.25, 0.3) is 0 Å². The summed E-state index contributed by atoms with van der Waals surface area (Å²) in [6.07, 6.45) is 4.98. The van der Waals surface area contributed by atoms with E-state index in [4.69, 9.17) is 4.74 Å². The molecule has 0 amide bonds. The predicted octanol–water partition coefficient (Wildman–Crippen LogP) is 6.77. The molecule has 2 heteroatoms. The van der Waals surface area contributed by atoms with E-state index in [0.29, 0.717) is 0 Å². The summed E-state index contributed by atoms with van der Waals surface area (Å²) in [6, 6.07) is 6.67. The Morgan fingerprint density at radius 3 is 1.96 bits per heavy atom. The lowest BCUT2D eigenvalue weighted by molar-refractivity contribution is -0.0388. The van der Waals surface area contributed by atoms with Crippen molar-refractivity contribution in [3.63, 3.8) is 0 Å². The van der Waals surface area contributed by atoms with E-state index in [9.17, 15) is 5.11 Å². The van der Waals surface area contributed by atoms with E-state index in [1.54, 1.807) is 0 Å². The van der Waals surface area contributed by atoms with Crippen molar-refractivity contribution in [2.24, 2.45) is 0 Å². The maximum atomic E-state index is 10.6. The standard InChI is InChI=1S/C24H42O2/c1-10-13-14-21(24(8,9)25)26-20-16-15-18(22(4,5)11-2)17-19(20)23(6,7)12-3/h15-17,21,25H,10-14H2,1-9H3. The van der Waals surface area contributed by atoms with E-state index < -0.39 is 5.60 Å². The van der Waals surface area contributed by atoms with Crippen molar-refractivity contribution in [1.82, 2.24) is 0 Å². The fraction of sp³-hybridized carbons (Fsp3) is 0.750. The highest BCUT2D eigenvalue weighted by Crippen LogP contribution is 2.39. The van der Waals surface area contributed by atoms with Crippen LogP contribution in [0.4, 0.5) is 0 Å². The van der Waals surface area contributed by atoms with Gasteiger partial charge in [0, 0.05) is 5.56 Å². The Morgan fingerprint density at radius 2 is 1.50 bits per heavy atom. The van der Waals surface area contributed by atoms with E-state index in [1.165, 1.54) is 11.1 Å². The minimum Gasteiger partial charge on any atom is -0.487 e. The van der Waals surface area contributed by atoms with Gasteiger partial charge in [0.1, 0.15) is 11.9 Å². The molecule has 0 aliphatic carbocycles. The number of hydrogen-bond acceptors (Lipinski definition) is 2. The van der Waals surface area contributed by atoms with Gasteiger partial charge in [0.2, 0.25) is 0 Å². The van der Waals surface area contributed by atoms with Crippen molar-refractivity contribution in [2.45, 2.75) is 117 Å². The maximum Gasteiger partial charge on any atom is 0.127 e. The SMILES string of the molecule is CCCCC(Oc1ccc(C(C)(C)CC)cc1C(C)(C)CC)C(C)(C)O. The number of benzene rings is 1. The highest BCUT2D eigenvalue weighted by molar-refractivity contribution is 5.44. The summed E-state index contributed by atoms with van der Waals surface area (Å²) in [5.41, 5.74) is 1.94. The van der Waals surface area contributed by atoms with Crippen molar-refractivity contribution >= 4 is 0 Å². The van der Waals surface area contributed by atoms with E-state index in [0.717, 1.165) is 37.9 Å². The predicted molar refractivity (Wildman–Crippen MR) is 113 cm³/mol. The monoisotopic (exact) mass is 362 g/mol. The van der Waals surface area contributed by atoms with Crippen molar-refractivity contribution < 1.29 is 9.84 Å². The van der Waals surface area contributed by atoms with Crippen LogP contribution in [0.15, 0.2) is 18.2 Å². The van der Waals surface area contributed by atoms with Crippen LogP contribution in [0.1, 0.15) is 106 Å². The molecule has 0 saturated carbocycles. The lowest BCUT2D eigenvalue weighted by atomic mass is 9.76. The molecule has 0 heterocycles. The van der Waals surface area contributed by atoms with E-state index in [1.807, 2.05) is 13.8 Å².